The van der Waals surface area contributed by atoms with Gasteiger partial charge in [-0.2, -0.15) is 5.26 Å². The fourth-order valence-corrected chi connectivity index (χ4v) is 1.17. The van der Waals surface area contributed by atoms with Gasteiger partial charge in [0.15, 0.2) is 0 Å². The molecule has 0 fully saturated rings. The molecule has 7 nitrogen and oxygen atoms in total. The molecule has 1 N–H and O–H groups in total. The number of nitriles is 1. The number of H-pyrrole nitrogens is 1. The molecule has 0 amide bonds. The van der Waals surface area contributed by atoms with E-state index in [1.54, 1.807) is 0 Å². The summed E-state index contributed by atoms with van der Waals surface area (Å²) in [5.41, 5.74) is -2.94. The maximum absolute atomic E-state index is 12.0. The third-order valence-electron chi connectivity index (χ3n) is 1.77. The number of halogens is 3. The van der Waals surface area contributed by atoms with Crippen LogP contribution in [-0.4, -0.2) is 16.3 Å². The molecule has 1 aromatic rings. The maximum Gasteiger partial charge on any atom is 0.573 e. The minimum absolute atomic E-state index is 0.374. The van der Waals surface area contributed by atoms with Crippen LogP contribution in [0.2, 0.25) is 0 Å². The summed E-state index contributed by atoms with van der Waals surface area (Å²) in [7, 11) is 0. The van der Waals surface area contributed by atoms with Gasteiger partial charge in [0.05, 0.1) is 23.0 Å². The van der Waals surface area contributed by atoms with E-state index in [4.69, 9.17) is 5.26 Å². The zero-order chi connectivity index (χ0) is 13.9. The molecule has 96 valence electrons. The topological polar surface area (TPSA) is 109 Å². The van der Waals surface area contributed by atoms with E-state index in [0.29, 0.717) is 0 Å². The van der Waals surface area contributed by atoms with E-state index < -0.39 is 34.7 Å². The van der Waals surface area contributed by atoms with Crippen molar-refractivity contribution in [2.75, 3.05) is 0 Å². The highest BCUT2D eigenvalue weighted by Gasteiger charge is 2.37. The Kier molecular flexibility index (Phi) is 3.55. The van der Waals surface area contributed by atoms with Gasteiger partial charge in [-0.05, 0) is 0 Å². The molecule has 0 aliphatic carbocycles. The summed E-state index contributed by atoms with van der Waals surface area (Å²) in [5.74, 6) is -1.49. The number of ether oxygens (including phenoxy) is 1. The minimum Gasteiger partial charge on any atom is -0.392 e. The van der Waals surface area contributed by atoms with Crippen LogP contribution in [0.1, 0.15) is 5.56 Å². The smallest absolute Gasteiger partial charge is 0.392 e. The third-order valence-corrected chi connectivity index (χ3v) is 1.77. The molecule has 18 heavy (non-hydrogen) atoms. The summed E-state index contributed by atoms with van der Waals surface area (Å²) >= 11 is 0. The van der Waals surface area contributed by atoms with Crippen LogP contribution in [0.4, 0.5) is 18.9 Å². The lowest BCUT2D eigenvalue weighted by Crippen LogP contribution is -2.24. The molecule has 1 aromatic heterocycles. The van der Waals surface area contributed by atoms with Gasteiger partial charge in [-0.25, -0.2) is 0 Å². The van der Waals surface area contributed by atoms with Crippen molar-refractivity contribution >= 4 is 5.69 Å². The molecular formula is C8H4F3N3O4. The standard InChI is InChI=1S/C8H4F3N3O4/c9-8(10,11)18-6-5(14(16)17)4(1-2-12)3-13-7(6)15/h3H,1H2,(H,13,15). The molecule has 1 rings (SSSR count). The number of hydrogen-bond acceptors (Lipinski definition) is 5. The molecule has 0 atom stereocenters. The zero-order valence-electron chi connectivity index (χ0n) is 8.45. The van der Waals surface area contributed by atoms with E-state index in [-0.39, 0.29) is 5.56 Å². The van der Waals surface area contributed by atoms with Gasteiger partial charge in [-0.1, -0.05) is 0 Å². The van der Waals surface area contributed by atoms with Crippen LogP contribution in [0.5, 0.6) is 5.75 Å². The number of aromatic amines is 1. The molecule has 0 spiro atoms. The summed E-state index contributed by atoms with van der Waals surface area (Å²) < 4.78 is 39.4. The lowest BCUT2D eigenvalue weighted by atomic mass is 10.2. The Labute approximate surface area is 96.6 Å². The Hall–Kier alpha value is -2.57. The van der Waals surface area contributed by atoms with E-state index in [9.17, 15) is 28.1 Å². The normalized spacial score (nSPS) is 10.8. The first-order chi connectivity index (χ1) is 8.26. The van der Waals surface area contributed by atoms with Gasteiger partial charge < -0.3 is 9.72 Å². The van der Waals surface area contributed by atoms with Crippen molar-refractivity contribution in [3.05, 3.63) is 32.2 Å². The Morgan fingerprint density at radius 1 is 1.56 bits per heavy atom. The van der Waals surface area contributed by atoms with Gasteiger partial charge in [0.2, 0.25) is 0 Å². The molecule has 0 radical (unpaired) electrons. The SMILES string of the molecule is N#CCc1c[nH]c(=O)c(OC(F)(F)F)c1[N+](=O)[O-]. The molecule has 10 heteroatoms. The van der Waals surface area contributed by atoms with Crippen molar-refractivity contribution in [2.45, 2.75) is 12.8 Å². The van der Waals surface area contributed by atoms with Crippen LogP contribution in [0.3, 0.4) is 0 Å². The second kappa shape index (κ2) is 4.74. The average molecular weight is 263 g/mol. The van der Waals surface area contributed by atoms with Crippen LogP contribution < -0.4 is 10.3 Å². The molecule has 0 aliphatic rings. The summed E-state index contributed by atoms with van der Waals surface area (Å²) in [6.07, 6.45) is -4.99. The quantitative estimate of drug-likeness (QED) is 0.651. The number of aromatic nitrogens is 1. The van der Waals surface area contributed by atoms with Crippen molar-refractivity contribution in [1.29, 1.82) is 5.26 Å². The van der Waals surface area contributed by atoms with Gasteiger partial charge in [0.25, 0.3) is 11.3 Å². The van der Waals surface area contributed by atoms with E-state index in [2.05, 4.69) is 4.74 Å². The predicted octanol–water partition coefficient (Wildman–Crippen LogP) is 1.25. The molecule has 0 saturated heterocycles. The van der Waals surface area contributed by atoms with Crippen LogP contribution in [0.15, 0.2) is 11.0 Å². The number of nitro groups is 1. The Morgan fingerprint density at radius 3 is 2.61 bits per heavy atom. The molecule has 0 aromatic carbocycles. The fraction of sp³-hybridized carbons (Fsp3) is 0.250. The lowest BCUT2D eigenvalue weighted by molar-refractivity contribution is -0.389. The Bertz CT molecular complexity index is 572. The van der Waals surface area contributed by atoms with Crippen LogP contribution in [0, 0.1) is 21.4 Å². The van der Waals surface area contributed by atoms with Crippen LogP contribution in [-0.2, 0) is 6.42 Å². The number of rotatable bonds is 3. The number of hydrogen-bond donors (Lipinski definition) is 1. The largest absolute Gasteiger partial charge is 0.573 e. The van der Waals surface area contributed by atoms with Crippen molar-refractivity contribution in [2.24, 2.45) is 0 Å². The second-order valence-electron chi connectivity index (χ2n) is 2.96. The van der Waals surface area contributed by atoms with E-state index in [1.165, 1.54) is 6.07 Å². The molecule has 0 saturated carbocycles. The highest BCUT2D eigenvalue weighted by molar-refractivity contribution is 5.51. The molecule has 0 bridgehead atoms. The van der Waals surface area contributed by atoms with E-state index >= 15 is 0 Å². The van der Waals surface area contributed by atoms with Gasteiger partial charge in [0.1, 0.15) is 0 Å². The van der Waals surface area contributed by atoms with Gasteiger partial charge in [-0.15, -0.1) is 13.2 Å². The Balaban J connectivity index is 3.47. The average Bonchev–Trinajstić information content (AvgIpc) is 2.21. The van der Waals surface area contributed by atoms with Crippen molar-refractivity contribution in [3.8, 4) is 11.8 Å². The number of nitrogens with zero attached hydrogens (tertiary/aromatic N) is 2. The van der Waals surface area contributed by atoms with Gasteiger partial charge in [-0.3, -0.25) is 14.9 Å². The maximum atomic E-state index is 12.0. The minimum atomic E-state index is -5.25. The summed E-state index contributed by atoms with van der Waals surface area (Å²) in [4.78, 5) is 22.4. The van der Waals surface area contributed by atoms with Crippen molar-refractivity contribution in [1.82, 2.24) is 4.98 Å². The number of nitrogens with one attached hydrogen (secondary N) is 1. The fourth-order valence-electron chi connectivity index (χ4n) is 1.17. The molecule has 0 aliphatic heterocycles. The highest BCUT2D eigenvalue weighted by atomic mass is 19.4. The number of pyridine rings is 1. The molecule has 0 unspecified atom stereocenters. The first kappa shape index (κ1) is 13.5. The monoisotopic (exact) mass is 263 g/mol. The highest BCUT2D eigenvalue weighted by Crippen LogP contribution is 2.31. The molecular weight excluding hydrogens is 259 g/mol. The van der Waals surface area contributed by atoms with Crippen LogP contribution in [0.25, 0.3) is 0 Å². The van der Waals surface area contributed by atoms with Gasteiger partial charge >= 0.3 is 12.0 Å². The van der Waals surface area contributed by atoms with Crippen molar-refractivity contribution in [3.63, 3.8) is 0 Å². The van der Waals surface area contributed by atoms with Crippen molar-refractivity contribution < 1.29 is 22.8 Å². The van der Waals surface area contributed by atoms with E-state index in [0.717, 1.165) is 6.20 Å². The van der Waals surface area contributed by atoms with Gasteiger partial charge in [0, 0.05) is 6.20 Å². The van der Waals surface area contributed by atoms with E-state index in [1.807, 2.05) is 4.98 Å². The predicted molar refractivity (Wildman–Crippen MR) is 49.7 cm³/mol. The summed E-state index contributed by atoms with van der Waals surface area (Å²) in [5, 5.41) is 19.0. The number of alkyl halides is 3. The third kappa shape index (κ3) is 2.97. The first-order valence-electron chi connectivity index (χ1n) is 4.28. The first-order valence-corrected chi connectivity index (χ1v) is 4.28. The summed E-state index contributed by atoms with van der Waals surface area (Å²) in [6.45, 7) is 0. The summed E-state index contributed by atoms with van der Waals surface area (Å²) in [6, 6.07) is 1.53. The zero-order valence-corrected chi connectivity index (χ0v) is 8.45. The molecule has 1 heterocycles. The second-order valence-corrected chi connectivity index (χ2v) is 2.96. The Morgan fingerprint density at radius 2 is 2.17 bits per heavy atom. The van der Waals surface area contributed by atoms with Crippen LogP contribution >= 0.6 is 0 Å². The lowest BCUT2D eigenvalue weighted by Gasteiger charge is -2.09.